The Hall–Kier alpha value is -4.19. The lowest BCUT2D eigenvalue weighted by atomic mass is 10.2. The molecular formula is C33H33ClN6O4S. The standard InChI is InChI=1S/C33H33ClN6O4S/c1-33(13-14-33)22-44-31-30(20-36-40(32(31)41)27-6-4-5-25(34)19-27)37-15-17-38(18-16-37)45(42,43)21-24-9-11-26(12-10-24)39-23-35-28-7-2-3-8-29(28)39/h2-12,19-20,23H,13-18,21-22H2,1H3. The van der Waals surface area contributed by atoms with Gasteiger partial charge in [-0.15, -0.1) is 0 Å². The number of aromatic nitrogens is 4. The van der Waals surface area contributed by atoms with Crippen molar-refractivity contribution in [1.29, 1.82) is 0 Å². The summed E-state index contributed by atoms with van der Waals surface area (Å²) in [6.07, 6.45) is 5.50. The number of sulfonamides is 1. The van der Waals surface area contributed by atoms with Gasteiger partial charge in [0.25, 0.3) is 0 Å². The van der Waals surface area contributed by atoms with Crippen LogP contribution < -0.4 is 15.2 Å². The molecule has 2 aliphatic rings. The van der Waals surface area contributed by atoms with Gasteiger partial charge in [0.15, 0.2) is 0 Å². The summed E-state index contributed by atoms with van der Waals surface area (Å²) in [5, 5.41) is 4.94. The van der Waals surface area contributed by atoms with Gasteiger partial charge in [0.05, 0.1) is 35.3 Å². The quantitative estimate of drug-likeness (QED) is 0.221. The minimum Gasteiger partial charge on any atom is -0.486 e. The van der Waals surface area contributed by atoms with Crippen molar-refractivity contribution in [2.24, 2.45) is 5.41 Å². The Bertz CT molecular complexity index is 2030. The van der Waals surface area contributed by atoms with Crippen molar-refractivity contribution in [3.05, 3.63) is 106 Å². The van der Waals surface area contributed by atoms with Gasteiger partial charge in [-0.3, -0.25) is 9.36 Å². The molecule has 7 rings (SSSR count). The molecule has 1 aliphatic heterocycles. The van der Waals surface area contributed by atoms with Crippen molar-refractivity contribution in [3.63, 3.8) is 0 Å². The van der Waals surface area contributed by atoms with Gasteiger partial charge in [0.1, 0.15) is 12.0 Å². The summed E-state index contributed by atoms with van der Waals surface area (Å²) in [7, 11) is -3.57. The fraction of sp³-hybridized carbons (Fsp3) is 0.303. The number of ether oxygens (including phenoxy) is 1. The Morgan fingerprint density at radius 1 is 0.933 bits per heavy atom. The molecule has 0 amide bonds. The van der Waals surface area contributed by atoms with Crippen LogP contribution in [0.4, 0.5) is 5.69 Å². The van der Waals surface area contributed by atoms with Gasteiger partial charge in [-0.2, -0.15) is 14.1 Å². The normalized spacial score (nSPS) is 16.6. The van der Waals surface area contributed by atoms with Crippen LogP contribution in [0.15, 0.2) is 90.1 Å². The number of benzene rings is 3. The minimum absolute atomic E-state index is 0.0609. The van der Waals surface area contributed by atoms with Crippen LogP contribution in [0.2, 0.25) is 5.02 Å². The van der Waals surface area contributed by atoms with Gasteiger partial charge in [-0.05, 0) is 60.9 Å². The number of rotatable bonds is 9. The van der Waals surface area contributed by atoms with Gasteiger partial charge < -0.3 is 9.64 Å². The van der Waals surface area contributed by atoms with Crippen LogP contribution in [-0.2, 0) is 15.8 Å². The number of hydrogen-bond donors (Lipinski definition) is 0. The third-order valence-corrected chi connectivity index (χ3v) is 10.7. The first kappa shape index (κ1) is 29.5. The van der Waals surface area contributed by atoms with Crippen molar-refractivity contribution >= 4 is 38.3 Å². The van der Waals surface area contributed by atoms with Gasteiger partial charge >= 0.3 is 5.56 Å². The molecule has 1 saturated carbocycles. The molecule has 0 bridgehead atoms. The average Bonchev–Trinajstić information content (AvgIpc) is 3.62. The summed E-state index contributed by atoms with van der Waals surface area (Å²) in [6.45, 7) is 3.95. The summed E-state index contributed by atoms with van der Waals surface area (Å²) in [6, 6.07) is 22.4. The number of para-hydroxylation sites is 2. The Morgan fingerprint density at radius 2 is 1.69 bits per heavy atom. The van der Waals surface area contributed by atoms with Crippen molar-refractivity contribution < 1.29 is 13.2 Å². The van der Waals surface area contributed by atoms with Crippen LogP contribution in [-0.4, -0.2) is 64.8 Å². The Balaban J connectivity index is 1.06. The average molecular weight is 645 g/mol. The largest absolute Gasteiger partial charge is 0.486 e. The molecule has 1 saturated heterocycles. The molecule has 0 unspecified atom stereocenters. The van der Waals surface area contributed by atoms with Crippen molar-refractivity contribution in [2.45, 2.75) is 25.5 Å². The summed E-state index contributed by atoms with van der Waals surface area (Å²) in [5.74, 6) is 0.127. The highest BCUT2D eigenvalue weighted by Gasteiger charge is 2.39. The number of anilines is 1. The van der Waals surface area contributed by atoms with E-state index in [1.54, 1.807) is 36.8 Å². The van der Waals surface area contributed by atoms with E-state index in [1.165, 1.54) is 8.99 Å². The molecule has 0 N–H and O–H groups in total. The van der Waals surface area contributed by atoms with Crippen molar-refractivity contribution in [3.8, 4) is 17.1 Å². The maximum Gasteiger partial charge on any atom is 0.316 e. The maximum atomic E-state index is 13.7. The monoisotopic (exact) mass is 644 g/mol. The summed E-state index contributed by atoms with van der Waals surface area (Å²) in [5.41, 5.74) is 4.32. The molecular weight excluding hydrogens is 612 g/mol. The van der Waals surface area contributed by atoms with Crippen LogP contribution in [0, 0.1) is 5.41 Å². The van der Waals surface area contributed by atoms with E-state index >= 15 is 0 Å². The Morgan fingerprint density at radius 3 is 2.42 bits per heavy atom. The molecule has 0 radical (unpaired) electrons. The lowest BCUT2D eigenvalue weighted by Gasteiger charge is -2.35. The third-order valence-electron chi connectivity index (χ3n) is 8.63. The van der Waals surface area contributed by atoms with Crippen LogP contribution in [0.3, 0.4) is 0 Å². The predicted octanol–water partition coefficient (Wildman–Crippen LogP) is 5.06. The van der Waals surface area contributed by atoms with Crippen molar-refractivity contribution in [2.75, 3.05) is 37.7 Å². The highest BCUT2D eigenvalue weighted by Crippen LogP contribution is 2.45. The van der Waals surface area contributed by atoms with Crippen LogP contribution in [0.1, 0.15) is 25.3 Å². The molecule has 3 heterocycles. The topological polar surface area (TPSA) is 103 Å². The zero-order valence-electron chi connectivity index (χ0n) is 24.8. The van der Waals surface area contributed by atoms with E-state index in [9.17, 15) is 13.2 Å². The zero-order chi connectivity index (χ0) is 31.2. The first-order chi connectivity index (χ1) is 21.7. The second-order valence-corrected chi connectivity index (χ2v) is 14.5. The third kappa shape index (κ3) is 6.07. The van der Waals surface area contributed by atoms with E-state index in [-0.39, 0.29) is 35.6 Å². The Kier molecular flexibility index (Phi) is 7.63. The van der Waals surface area contributed by atoms with E-state index in [1.807, 2.05) is 58.0 Å². The number of fused-ring (bicyclic) bond motifs is 1. The lowest BCUT2D eigenvalue weighted by Crippen LogP contribution is -2.49. The van der Waals surface area contributed by atoms with Crippen LogP contribution in [0.5, 0.6) is 5.75 Å². The molecule has 0 spiro atoms. The number of halogens is 1. The second-order valence-electron chi connectivity index (χ2n) is 12.1. The van der Waals surface area contributed by atoms with E-state index in [2.05, 4.69) is 17.0 Å². The SMILES string of the molecule is CC1(COc2c(N3CCN(S(=O)(=O)Cc4ccc(-n5cnc6ccccc65)cc4)CC3)cnn(-c3cccc(Cl)c3)c2=O)CC1. The molecule has 12 heteroatoms. The minimum atomic E-state index is -3.57. The lowest BCUT2D eigenvalue weighted by molar-refractivity contribution is 0.242. The van der Waals surface area contributed by atoms with E-state index in [0.29, 0.717) is 41.7 Å². The molecule has 1 aliphatic carbocycles. The molecule has 0 atom stereocenters. The van der Waals surface area contributed by atoms with Crippen molar-refractivity contribution in [1.82, 2.24) is 23.6 Å². The fourth-order valence-electron chi connectivity index (χ4n) is 5.61. The van der Waals surface area contributed by atoms with Crippen LogP contribution >= 0.6 is 11.6 Å². The fourth-order valence-corrected chi connectivity index (χ4v) is 7.31. The second kappa shape index (κ2) is 11.6. The number of piperazine rings is 1. The molecule has 10 nitrogen and oxygen atoms in total. The molecule has 2 fully saturated rings. The van der Waals surface area contributed by atoms with E-state index in [4.69, 9.17) is 16.3 Å². The summed E-state index contributed by atoms with van der Waals surface area (Å²) in [4.78, 5) is 20.1. The molecule has 45 heavy (non-hydrogen) atoms. The zero-order valence-corrected chi connectivity index (χ0v) is 26.4. The predicted molar refractivity (Wildman–Crippen MR) is 175 cm³/mol. The Labute approximate surface area is 266 Å². The highest BCUT2D eigenvalue weighted by molar-refractivity contribution is 7.88. The van der Waals surface area contributed by atoms with Gasteiger partial charge in [0.2, 0.25) is 15.8 Å². The van der Waals surface area contributed by atoms with Gasteiger partial charge in [0, 0.05) is 42.3 Å². The molecule has 3 aromatic carbocycles. The number of imidazole rings is 1. The smallest absolute Gasteiger partial charge is 0.316 e. The first-order valence-electron chi connectivity index (χ1n) is 14.9. The van der Waals surface area contributed by atoms with E-state index < -0.39 is 10.0 Å². The molecule has 5 aromatic rings. The maximum absolute atomic E-state index is 13.7. The van der Waals surface area contributed by atoms with E-state index in [0.717, 1.165) is 29.6 Å². The number of hydrogen-bond acceptors (Lipinski definition) is 7. The highest BCUT2D eigenvalue weighted by atomic mass is 35.5. The number of nitrogens with zero attached hydrogens (tertiary/aromatic N) is 6. The first-order valence-corrected chi connectivity index (χ1v) is 16.9. The molecule has 2 aromatic heterocycles. The summed E-state index contributed by atoms with van der Waals surface area (Å²) >= 11 is 6.18. The molecule has 232 valence electrons. The summed E-state index contributed by atoms with van der Waals surface area (Å²) < 4.78 is 37.9. The van der Waals surface area contributed by atoms with Crippen LogP contribution in [0.25, 0.3) is 22.4 Å². The van der Waals surface area contributed by atoms with Gasteiger partial charge in [-0.25, -0.2) is 13.4 Å². The van der Waals surface area contributed by atoms with Gasteiger partial charge in [-0.1, -0.05) is 48.9 Å².